The van der Waals surface area contributed by atoms with Gasteiger partial charge < -0.3 is 14.4 Å². The Morgan fingerprint density at radius 1 is 1.16 bits per heavy atom. The molecule has 2 aromatic rings. The van der Waals surface area contributed by atoms with E-state index in [0.29, 0.717) is 5.88 Å². The number of anilines is 1. The van der Waals surface area contributed by atoms with Gasteiger partial charge in [-0.3, -0.25) is 0 Å². The fourth-order valence-electron chi connectivity index (χ4n) is 2.50. The van der Waals surface area contributed by atoms with Gasteiger partial charge in [-0.25, -0.2) is 4.79 Å². The summed E-state index contributed by atoms with van der Waals surface area (Å²) in [6.45, 7) is 1.64. The molecule has 19 heavy (non-hydrogen) atoms. The molecule has 1 aliphatic heterocycles. The Balaban J connectivity index is 1.87. The zero-order valence-electron chi connectivity index (χ0n) is 10.5. The lowest BCUT2D eigenvalue weighted by molar-refractivity contribution is 0.0663. The minimum absolute atomic E-state index is 0.00691. The molecule has 1 aliphatic rings. The summed E-state index contributed by atoms with van der Waals surface area (Å²) in [5.74, 6) is -0.400. The predicted molar refractivity (Wildman–Crippen MR) is 71.5 cm³/mol. The zero-order valence-corrected chi connectivity index (χ0v) is 10.5. The van der Waals surface area contributed by atoms with Gasteiger partial charge in [0.1, 0.15) is 0 Å². The van der Waals surface area contributed by atoms with Crippen molar-refractivity contribution in [3.05, 3.63) is 53.3 Å². The molecule has 3 rings (SSSR count). The third-order valence-electron chi connectivity index (χ3n) is 3.47. The average molecular weight is 257 g/mol. The van der Waals surface area contributed by atoms with Crippen LogP contribution in [0.2, 0.25) is 0 Å². The van der Waals surface area contributed by atoms with Gasteiger partial charge in [0.25, 0.3) is 0 Å². The number of nitrogens with zero attached hydrogens (tertiary/aromatic N) is 1. The van der Waals surface area contributed by atoms with Crippen molar-refractivity contribution in [3.8, 4) is 0 Å². The van der Waals surface area contributed by atoms with E-state index in [1.165, 1.54) is 17.2 Å². The SMILES string of the molecule is O=C(O)c1ccc(N2CCCc3ccccc3C2)o1. The van der Waals surface area contributed by atoms with Crippen LogP contribution in [0.15, 0.2) is 40.8 Å². The molecule has 4 heteroatoms. The van der Waals surface area contributed by atoms with E-state index in [-0.39, 0.29) is 5.76 Å². The highest BCUT2D eigenvalue weighted by molar-refractivity contribution is 5.84. The van der Waals surface area contributed by atoms with E-state index in [0.717, 1.165) is 25.9 Å². The highest BCUT2D eigenvalue weighted by Gasteiger charge is 2.18. The largest absolute Gasteiger partial charge is 0.475 e. The first-order valence-corrected chi connectivity index (χ1v) is 6.39. The number of carboxylic acids is 1. The fraction of sp³-hybridized carbons (Fsp3) is 0.267. The number of fused-ring (bicyclic) bond motifs is 1. The third kappa shape index (κ3) is 2.34. The van der Waals surface area contributed by atoms with Crippen LogP contribution >= 0.6 is 0 Å². The quantitative estimate of drug-likeness (QED) is 0.898. The van der Waals surface area contributed by atoms with Crippen LogP contribution in [0.4, 0.5) is 5.88 Å². The Bertz CT molecular complexity index is 603. The monoisotopic (exact) mass is 257 g/mol. The number of benzene rings is 1. The molecule has 98 valence electrons. The molecule has 0 saturated heterocycles. The maximum atomic E-state index is 10.9. The summed E-state index contributed by atoms with van der Waals surface area (Å²) in [4.78, 5) is 12.9. The first-order valence-electron chi connectivity index (χ1n) is 6.39. The van der Waals surface area contributed by atoms with E-state index in [2.05, 4.69) is 23.1 Å². The van der Waals surface area contributed by atoms with E-state index in [1.54, 1.807) is 6.07 Å². The zero-order chi connectivity index (χ0) is 13.2. The van der Waals surface area contributed by atoms with Crippen molar-refractivity contribution in [1.82, 2.24) is 0 Å². The summed E-state index contributed by atoms with van der Waals surface area (Å²) in [5, 5.41) is 8.90. The molecule has 0 amide bonds. The van der Waals surface area contributed by atoms with Crippen molar-refractivity contribution in [2.45, 2.75) is 19.4 Å². The van der Waals surface area contributed by atoms with E-state index in [1.807, 2.05) is 6.07 Å². The number of aromatic carboxylic acids is 1. The molecule has 2 heterocycles. The van der Waals surface area contributed by atoms with Gasteiger partial charge in [-0.1, -0.05) is 24.3 Å². The number of furan rings is 1. The molecule has 0 radical (unpaired) electrons. The molecule has 0 bridgehead atoms. The number of hydrogen-bond acceptors (Lipinski definition) is 3. The summed E-state index contributed by atoms with van der Waals surface area (Å²) < 4.78 is 5.38. The second-order valence-electron chi connectivity index (χ2n) is 4.74. The van der Waals surface area contributed by atoms with E-state index < -0.39 is 5.97 Å². The molecule has 4 nitrogen and oxygen atoms in total. The molecular weight excluding hydrogens is 242 g/mol. The Labute approximate surface area is 111 Å². The number of carboxylic acid groups (broad SMARTS) is 1. The van der Waals surface area contributed by atoms with Gasteiger partial charge in [-0.2, -0.15) is 0 Å². The molecule has 0 aliphatic carbocycles. The fourth-order valence-corrected chi connectivity index (χ4v) is 2.50. The van der Waals surface area contributed by atoms with Gasteiger partial charge in [0.15, 0.2) is 5.88 Å². The van der Waals surface area contributed by atoms with E-state index >= 15 is 0 Å². The van der Waals surface area contributed by atoms with Crippen molar-refractivity contribution in [1.29, 1.82) is 0 Å². The Hall–Kier alpha value is -2.23. The summed E-state index contributed by atoms with van der Waals surface area (Å²) >= 11 is 0. The predicted octanol–water partition coefficient (Wildman–Crippen LogP) is 2.93. The number of carbonyl (C=O) groups is 1. The van der Waals surface area contributed by atoms with Crippen LogP contribution < -0.4 is 4.90 Å². The van der Waals surface area contributed by atoms with Crippen LogP contribution in [0.1, 0.15) is 28.1 Å². The summed E-state index contributed by atoms with van der Waals surface area (Å²) in [7, 11) is 0. The smallest absolute Gasteiger partial charge is 0.371 e. The number of rotatable bonds is 2. The van der Waals surface area contributed by atoms with Gasteiger partial charge >= 0.3 is 5.97 Å². The molecule has 0 spiro atoms. The van der Waals surface area contributed by atoms with Gasteiger partial charge in [-0.05, 0) is 30.0 Å². The molecule has 0 unspecified atom stereocenters. The lowest BCUT2D eigenvalue weighted by atomic mass is 10.0. The third-order valence-corrected chi connectivity index (χ3v) is 3.47. The topological polar surface area (TPSA) is 53.7 Å². The molecule has 0 saturated carbocycles. The van der Waals surface area contributed by atoms with Crippen LogP contribution in [-0.4, -0.2) is 17.6 Å². The van der Waals surface area contributed by atoms with Crippen molar-refractivity contribution < 1.29 is 14.3 Å². The summed E-state index contributed by atoms with van der Waals surface area (Å²) in [5.41, 5.74) is 2.66. The lowest BCUT2D eigenvalue weighted by Crippen LogP contribution is -2.21. The van der Waals surface area contributed by atoms with Gasteiger partial charge in [0.2, 0.25) is 5.76 Å². The number of hydrogen-bond donors (Lipinski definition) is 1. The maximum Gasteiger partial charge on any atom is 0.371 e. The van der Waals surface area contributed by atoms with E-state index in [4.69, 9.17) is 9.52 Å². The van der Waals surface area contributed by atoms with E-state index in [9.17, 15) is 4.79 Å². The van der Waals surface area contributed by atoms with Crippen molar-refractivity contribution in [2.75, 3.05) is 11.4 Å². The second kappa shape index (κ2) is 4.80. The van der Waals surface area contributed by atoms with Gasteiger partial charge in [0.05, 0.1) is 0 Å². The Kier molecular flexibility index (Phi) is 2.99. The van der Waals surface area contributed by atoms with Crippen LogP contribution in [-0.2, 0) is 13.0 Å². The molecule has 1 N–H and O–H groups in total. The first-order chi connectivity index (χ1) is 9.24. The van der Waals surface area contributed by atoms with Crippen LogP contribution in [0, 0.1) is 0 Å². The molecular formula is C15H15NO3. The second-order valence-corrected chi connectivity index (χ2v) is 4.74. The van der Waals surface area contributed by atoms with Gasteiger partial charge in [-0.15, -0.1) is 0 Å². The normalized spacial score (nSPS) is 14.8. The van der Waals surface area contributed by atoms with Crippen LogP contribution in [0.25, 0.3) is 0 Å². The molecule has 1 aromatic carbocycles. The molecule has 0 atom stereocenters. The van der Waals surface area contributed by atoms with Gasteiger partial charge in [0, 0.05) is 19.2 Å². The Morgan fingerprint density at radius 3 is 2.68 bits per heavy atom. The standard InChI is InChI=1S/C15H15NO3/c17-15(18)13-7-8-14(19-13)16-9-3-6-11-4-1-2-5-12(11)10-16/h1-2,4-5,7-8H,3,6,9-10H2,(H,17,18). The van der Waals surface area contributed by atoms with Crippen molar-refractivity contribution in [3.63, 3.8) is 0 Å². The van der Waals surface area contributed by atoms with Crippen molar-refractivity contribution >= 4 is 11.9 Å². The van der Waals surface area contributed by atoms with Crippen molar-refractivity contribution in [2.24, 2.45) is 0 Å². The number of aryl methyl sites for hydroxylation is 1. The molecule has 1 aromatic heterocycles. The summed E-state index contributed by atoms with van der Waals surface area (Å²) in [6, 6.07) is 11.6. The first kappa shape index (κ1) is 11.8. The molecule has 0 fully saturated rings. The minimum Gasteiger partial charge on any atom is -0.475 e. The maximum absolute atomic E-state index is 10.9. The highest BCUT2D eigenvalue weighted by Crippen LogP contribution is 2.25. The summed E-state index contributed by atoms with van der Waals surface area (Å²) in [6.07, 6.45) is 2.10. The highest BCUT2D eigenvalue weighted by atomic mass is 16.4. The van der Waals surface area contributed by atoms with Crippen LogP contribution in [0.5, 0.6) is 0 Å². The lowest BCUT2D eigenvalue weighted by Gasteiger charge is -2.19. The minimum atomic E-state index is -1.03. The average Bonchev–Trinajstić information content (AvgIpc) is 2.80. The van der Waals surface area contributed by atoms with Crippen LogP contribution in [0.3, 0.4) is 0 Å². The Morgan fingerprint density at radius 2 is 1.95 bits per heavy atom.